The van der Waals surface area contributed by atoms with Gasteiger partial charge in [0.1, 0.15) is 0 Å². The number of halogens is 2. The first-order chi connectivity index (χ1) is 16.0. The zero-order valence-electron chi connectivity index (χ0n) is 18.7. The molecule has 0 bridgehead atoms. The molecular formula is C27H27Cl2N3O. The summed E-state index contributed by atoms with van der Waals surface area (Å²) < 4.78 is 2.32. The molecule has 1 amide bonds. The van der Waals surface area contributed by atoms with Crippen molar-refractivity contribution < 1.29 is 4.79 Å². The van der Waals surface area contributed by atoms with E-state index in [0.717, 1.165) is 50.3 Å². The van der Waals surface area contributed by atoms with E-state index in [1.165, 1.54) is 21.8 Å². The molecule has 1 aliphatic rings. The number of rotatable bonds is 5. The molecule has 3 aromatic carbocycles. The molecule has 0 aliphatic carbocycles. The van der Waals surface area contributed by atoms with Crippen molar-refractivity contribution in [3.8, 4) is 0 Å². The van der Waals surface area contributed by atoms with Gasteiger partial charge in [0.25, 0.3) is 0 Å². The SMILES string of the molecule is CCn1c2ccccc2c2cc(NC(=O)C3CCCN(Cc4ccc(Cl)c(Cl)c4)C3)ccc21. The number of benzene rings is 3. The third-order valence-electron chi connectivity index (χ3n) is 6.62. The highest BCUT2D eigenvalue weighted by Crippen LogP contribution is 2.31. The minimum Gasteiger partial charge on any atom is -0.341 e. The molecular weight excluding hydrogens is 453 g/mol. The number of aryl methyl sites for hydroxylation is 1. The Kier molecular flexibility index (Phi) is 6.33. The normalized spacial score (nSPS) is 17.0. The summed E-state index contributed by atoms with van der Waals surface area (Å²) in [5.41, 5.74) is 4.39. The number of anilines is 1. The number of nitrogens with zero attached hydrogens (tertiary/aromatic N) is 2. The Balaban J connectivity index is 1.31. The van der Waals surface area contributed by atoms with E-state index in [4.69, 9.17) is 23.2 Å². The van der Waals surface area contributed by atoms with Crippen molar-refractivity contribution in [2.75, 3.05) is 18.4 Å². The molecule has 0 saturated carbocycles. The second kappa shape index (κ2) is 9.38. The third-order valence-corrected chi connectivity index (χ3v) is 7.36. The Labute approximate surface area is 204 Å². The maximum atomic E-state index is 13.1. The van der Waals surface area contributed by atoms with Crippen molar-refractivity contribution in [3.63, 3.8) is 0 Å². The minimum absolute atomic E-state index is 0.0331. The van der Waals surface area contributed by atoms with Crippen LogP contribution in [0, 0.1) is 5.92 Å². The van der Waals surface area contributed by atoms with Crippen molar-refractivity contribution in [1.82, 2.24) is 9.47 Å². The first-order valence-corrected chi connectivity index (χ1v) is 12.3. The van der Waals surface area contributed by atoms with Crippen LogP contribution in [0.2, 0.25) is 10.0 Å². The average Bonchev–Trinajstić information content (AvgIpc) is 3.14. The number of nitrogens with one attached hydrogen (secondary N) is 1. The van der Waals surface area contributed by atoms with Crippen LogP contribution < -0.4 is 5.32 Å². The summed E-state index contributed by atoms with van der Waals surface area (Å²) in [4.78, 5) is 15.5. The van der Waals surface area contributed by atoms with Gasteiger partial charge in [-0.05, 0) is 68.3 Å². The van der Waals surface area contributed by atoms with Crippen molar-refractivity contribution >= 4 is 56.6 Å². The lowest BCUT2D eigenvalue weighted by Crippen LogP contribution is -2.40. The van der Waals surface area contributed by atoms with Crippen molar-refractivity contribution in [3.05, 3.63) is 76.3 Å². The monoisotopic (exact) mass is 479 g/mol. The fourth-order valence-corrected chi connectivity index (χ4v) is 5.35. The number of amides is 1. The summed E-state index contributed by atoms with van der Waals surface area (Å²) in [5, 5.41) is 6.71. The Morgan fingerprint density at radius 2 is 1.82 bits per heavy atom. The van der Waals surface area contributed by atoms with Gasteiger partial charge in [-0.3, -0.25) is 9.69 Å². The highest BCUT2D eigenvalue weighted by Gasteiger charge is 2.26. The third kappa shape index (κ3) is 4.48. The molecule has 1 fully saturated rings. The second-order valence-corrected chi connectivity index (χ2v) is 9.62. The van der Waals surface area contributed by atoms with E-state index in [1.807, 2.05) is 24.3 Å². The Morgan fingerprint density at radius 1 is 1.00 bits per heavy atom. The van der Waals surface area contributed by atoms with E-state index < -0.39 is 0 Å². The number of carbonyl (C=O) groups is 1. The zero-order valence-corrected chi connectivity index (χ0v) is 20.2. The molecule has 1 saturated heterocycles. The number of hydrogen-bond donors (Lipinski definition) is 1. The number of carbonyl (C=O) groups excluding carboxylic acids is 1. The van der Waals surface area contributed by atoms with Gasteiger partial charge in [0.15, 0.2) is 0 Å². The molecule has 1 aromatic heterocycles. The molecule has 170 valence electrons. The van der Waals surface area contributed by atoms with Crippen molar-refractivity contribution in [2.45, 2.75) is 32.9 Å². The fraction of sp³-hybridized carbons (Fsp3) is 0.296. The summed E-state index contributed by atoms with van der Waals surface area (Å²) in [6.07, 6.45) is 1.91. The first kappa shape index (κ1) is 22.3. The van der Waals surface area contributed by atoms with Crippen LogP contribution in [0.4, 0.5) is 5.69 Å². The van der Waals surface area contributed by atoms with Crippen molar-refractivity contribution in [1.29, 1.82) is 0 Å². The Morgan fingerprint density at radius 3 is 2.64 bits per heavy atom. The standard InChI is InChI=1S/C27H27Cl2N3O/c1-2-32-25-8-4-3-7-21(25)22-15-20(10-12-26(22)32)30-27(33)19-6-5-13-31(17-19)16-18-9-11-23(28)24(29)14-18/h3-4,7-12,14-15,19H,2,5-6,13,16-17H2,1H3,(H,30,33). The molecule has 5 rings (SSSR count). The average molecular weight is 480 g/mol. The summed E-state index contributed by atoms with van der Waals surface area (Å²) in [6.45, 7) is 5.56. The number of para-hydroxylation sites is 1. The molecule has 1 N–H and O–H groups in total. The van der Waals surface area contributed by atoms with E-state index in [1.54, 1.807) is 0 Å². The van der Waals surface area contributed by atoms with Crippen LogP contribution in [0.3, 0.4) is 0 Å². The van der Waals surface area contributed by atoms with E-state index in [9.17, 15) is 4.79 Å². The second-order valence-electron chi connectivity index (χ2n) is 8.81. The highest BCUT2D eigenvalue weighted by molar-refractivity contribution is 6.42. The Hall–Kier alpha value is -2.53. The number of hydrogen-bond acceptors (Lipinski definition) is 2. The smallest absolute Gasteiger partial charge is 0.228 e. The van der Waals surface area contributed by atoms with Gasteiger partial charge in [-0.1, -0.05) is 47.5 Å². The molecule has 2 heterocycles. The van der Waals surface area contributed by atoms with E-state index in [2.05, 4.69) is 58.1 Å². The van der Waals surface area contributed by atoms with E-state index >= 15 is 0 Å². The van der Waals surface area contributed by atoms with Crippen LogP contribution in [-0.2, 0) is 17.9 Å². The van der Waals surface area contributed by atoms with Gasteiger partial charge in [0.05, 0.1) is 16.0 Å². The van der Waals surface area contributed by atoms with Gasteiger partial charge >= 0.3 is 0 Å². The maximum absolute atomic E-state index is 13.1. The lowest BCUT2D eigenvalue weighted by molar-refractivity contribution is -0.121. The summed E-state index contributed by atoms with van der Waals surface area (Å²) in [7, 11) is 0. The van der Waals surface area contributed by atoms with Crippen LogP contribution >= 0.6 is 23.2 Å². The molecule has 1 atom stereocenters. The number of fused-ring (bicyclic) bond motifs is 3. The summed E-state index contributed by atoms with van der Waals surface area (Å²) in [5.74, 6) is 0.0571. The van der Waals surface area contributed by atoms with Crippen LogP contribution in [-0.4, -0.2) is 28.5 Å². The largest absolute Gasteiger partial charge is 0.341 e. The number of likely N-dealkylation sites (tertiary alicyclic amines) is 1. The minimum atomic E-state index is -0.0331. The molecule has 1 unspecified atom stereocenters. The fourth-order valence-electron chi connectivity index (χ4n) is 5.03. The molecule has 6 heteroatoms. The lowest BCUT2D eigenvalue weighted by atomic mass is 9.96. The predicted molar refractivity (Wildman–Crippen MR) is 138 cm³/mol. The van der Waals surface area contributed by atoms with Gasteiger partial charge in [-0.15, -0.1) is 0 Å². The van der Waals surface area contributed by atoms with Gasteiger partial charge < -0.3 is 9.88 Å². The van der Waals surface area contributed by atoms with Crippen LogP contribution in [0.1, 0.15) is 25.3 Å². The maximum Gasteiger partial charge on any atom is 0.228 e. The van der Waals surface area contributed by atoms with Crippen LogP contribution in [0.5, 0.6) is 0 Å². The van der Waals surface area contributed by atoms with Gasteiger partial charge in [0.2, 0.25) is 5.91 Å². The summed E-state index contributed by atoms with van der Waals surface area (Å²) >= 11 is 12.2. The molecule has 1 aliphatic heterocycles. The zero-order chi connectivity index (χ0) is 22.9. The predicted octanol–water partition coefficient (Wildman–Crippen LogP) is 6.97. The molecule has 4 nitrogen and oxygen atoms in total. The molecule has 4 aromatic rings. The topological polar surface area (TPSA) is 37.3 Å². The van der Waals surface area contributed by atoms with E-state index in [-0.39, 0.29) is 11.8 Å². The van der Waals surface area contributed by atoms with Gasteiger partial charge in [-0.25, -0.2) is 0 Å². The first-order valence-electron chi connectivity index (χ1n) is 11.5. The van der Waals surface area contributed by atoms with Crippen molar-refractivity contribution in [2.24, 2.45) is 5.92 Å². The molecule has 33 heavy (non-hydrogen) atoms. The van der Waals surface area contributed by atoms with E-state index in [0.29, 0.717) is 10.0 Å². The van der Waals surface area contributed by atoms with Gasteiger partial charge in [-0.2, -0.15) is 0 Å². The Bertz CT molecular complexity index is 1330. The number of piperidine rings is 1. The lowest BCUT2D eigenvalue weighted by Gasteiger charge is -2.32. The highest BCUT2D eigenvalue weighted by atomic mass is 35.5. The van der Waals surface area contributed by atoms with Crippen LogP contribution in [0.15, 0.2) is 60.7 Å². The molecule has 0 radical (unpaired) electrons. The quantitative estimate of drug-likeness (QED) is 0.335. The molecule has 0 spiro atoms. The van der Waals surface area contributed by atoms with Gasteiger partial charge in [0, 0.05) is 47.1 Å². The van der Waals surface area contributed by atoms with Crippen LogP contribution in [0.25, 0.3) is 21.8 Å². The summed E-state index contributed by atoms with van der Waals surface area (Å²) in [6, 6.07) is 20.4. The number of aromatic nitrogens is 1.